The van der Waals surface area contributed by atoms with Gasteiger partial charge in [-0.1, -0.05) is 45.0 Å². The number of halogens is 4. The van der Waals surface area contributed by atoms with Gasteiger partial charge in [0.05, 0.1) is 0 Å². The summed E-state index contributed by atoms with van der Waals surface area (Å²) in [6, 6.07) is 8.35. The average Bonchev–Trinajstić information content (AvgIpc) is 2.67. The third-order valence-corrected chi connectivity index (χ3v) is 6.90. The van der Waals surface area contributed by atoms with E-state index >= 15 is 0 Å². The number of alkyl halides is 3. The summed E-state index contributed by atoms with van der Waals surface area (Å²) in [5.74, 6) is 0.676. The van der Waals surface area contributed by atoms with Crippen LogP contribution in [0.3, 0.4) is 0 Å². The molecule has 31 heavy (non-hydrogen) atoms. The summed E-state index contributed by atoms with van der Waals surface area (Å²) in [6.45, 7) is 7.34. The summed E-state index contributed by atoms with van der Waals surface area (Å²) in [4.78, 5) is 4.17. The van der Waals surface area contributed by atoms with Crippen molar-refractivity contribution >= 4 is 40.0 Å². The number of nitrogens with one attached hydrogen (secondary N) is 2. The van der Waals surface area contributed by atoms with Crippen LogP contribution in [0.5, 0.6) is 0 Å². The fourth-order valence-corrected chi connectivity index (χ4v) is 4.25. The van der Waals surface area contributed by atoms with Crippen LogP contribution in [-0.4, -0.2) is 50.9 Å². The fraction of sp³-hybridized carbons (Fsp3) is 0.650. The van der Waals surface area contributed by atoms with E-state index in [2.05, 4.69) is 60.7 Å². The topological polar surface area (TPSA) is 73.8 Å². The molecule has 1 aliphatic heterocycles. The van der Waals surface area contributed by atoms with E-state index in [1.807, 2.05) is 0 Å². The quantitative estimate of drug-likeness (QED) is 0.318. The second kappa shape index (κ2) is 11.2. The summed E-state index contributed by atoms with van der Waals surface area (Å²) in [5, 5.41) is 6.40. The maximum atomic E-state index is 12.7. The number of rotatable bonds is 5. The molecular weight excluding hydrogens is 544 g/mol. The number of piperidine rings is 1. The molecule has 1 aromatic rings. The molecule has 0 radical (unpaired) electrons. The van der Waals surface area contributed by atoms with Crippen molar-refractivity contribution in [3.8, 4) is 0 Å². The lowest BCUT2D eigenvalue weighted by molar-refractivity contribution is -0.0496. The predicted molar refractivity (Wildman–Crippen MR) is 128 cm³/mol. The predicted octanol–water partition coefficient (Wildman–Crippen LogP) is 3.83. The molecule has 11 heteroatoms. The highest BCUT2D eigenvalue weighted by Crippen LogP contribution is 2.30. The van der Waals surface area contributed by atoms with Crippen molar-refractivity contribution in [3.63, 3.8) is 0 Å². The molecule has 1 fully saturated rings. The van der Waals surface area contributed by atoms with Crippen LogP contribution in [0.2, 0.25) is 0 Å². The van der Waals surface area contributed by atoms with E-state index in [4.69, 9.17) is 0 Å². The van der Waals surface area contributed by atoms with Crippen LogP contribution < -0.4 is 10.6 Å². The van der Waals surface area contributed by atoms with Crippen LogP contribution in [0.1, 0.15) is 44.7 Å². The molecule has 178 valence electrons. The number of aliphatic imine (C=N–C) groups is 1. The highest BCUT2D eigenvalue weighted by Gasteiger charge is 2.50. The second-order valence-corrected chi connectivity index (χ2v) is 10.5. The van der Waals surface area contributed by atoms with E-state index in [9.17, 15) is 21.6 Å². The average molecular weight is 576 g/mol. The van der Waals surface area contributed by atoms with Crippen LogP contribution in [0.4, 0.5) is 13.2 Å². The van der Waals surface area contributed by atoms with Crippen LogP contribution in [0, 0.1) is 5.92 Å². The van der Waals surface area contributed by atoms with Crippen LogP contribution in [-0.2, 0) is 22.0 Å². The van der Waals surface area contributed by atoms with Crippen LogP contribution >= 0.6 is 24.0 Å². The highest BCUT2D eigenvalue weighted by molar-refractivity contribution is 14.0. The van der Waals surface area contributed by atoms with Crippen molar-refractivity contribution in [2.24, 2.45) is 10.9 Å². The van der Waals surface area contributed by atoms with Gasteiger partial charge in [-0.25, -0.2) is 8.42 Å². The maximum Gasteiger partial charge on any atom is 0.511 e. The highest BCUT2D eigenvalue weighted by atomic mass is 127. The van der Waals surface area contributed by atoms with Gasteiger partial charge in [0.1, 0.15) is 0 Å². The molecule has 0 saturated carbocycles. The first-order chi connectivity index (χ1) is 13.8. The summed E-state index contributed by atoms with van der Waals surface area (Å²) in [6.07, 6.45) is 0.737. The normalized spacial score (nSPS) is 17.2. The standard InChI is InChI=1S/C20H31F3N4O2S.HI/c1-19(2,3)17-7-5-15(6-8-17)13-25-18(24-4)26-14-16-9-11-27(12-10-16)30(28,29)20(21,22)23;/h5-8,16H,9-14H2,1-4H3,(H2,24,25,26);1H. The molecule has 0 atom stereocenters. The van der Waals surface area contributed by atoms with Gasteiger partial charge in [-0.05, 0) is 35.3 Å². The van der Waals surface area contributed by atoms with Crippen LogP contribution in [0.15, 0.2) is 29.3 Å². The second-order valence-electron chi connectivity index (χ2n) is 8.55. The summed E-state index contributed by atoms with van der Waals surface area (Å²) < 4.78 is 61.4. The monoisotopic (exact) mass is 576 g/mol. The van der Waals surface area contributed by atoms with Gasteiger partial charge in [0.15, 0.2) is 5.96 Å². The van der Waals surface area contributed by atoms with Crippen LogP contribution in [0.25, 0.3) is 0 Å². The Kier molecular flexibility index (Phi) is 10.1. The first kappa shape index (κ1) is 28.0. The van der Waals surface area contributed by atoms with Gasteiger partial charge in [0, 0.05) is 33.2 Å². The first-order valence-electron chi connectivity index (χ1n) is 9.95. The third kappa shape index (κ3) is 7.77. The zero-order valence-electron chi connectivity index (χ0n) is 18.3. The largest absolute Gasteiger partial charge is 0.511 e. The minimum absolute atomic E-state index is 0. The number of hydrogen-bond acceptors (Lipinski definition) is 3. The Balaban J connectivity index is 0.00000480. The lowest BCUT2D eigenvalue weighted by Gasteiger charge is -2.31. The van der Waals surface area contributed by atoms with Crippen molar-refractivity contribution in [2.75, 3.05) is 26.7 Å². The molecule has 0 aliphatic carbocycles. The van der Waals surface area contributed by atoms with Crippen molar-refractivity contribution in [2.45, 2.75) is 51.1 Å². The molecule has 1 saturated heterocycles. The Bertz CT molecular complexity index is 829. The molecule has 0 spiro atoms. The number of sulfonamides is 1. The smallest absolute Gasteiger partial charge is 0.356 e. The van der Waals surface area contributed by atoms with Gasteiger partial charge < -0.3 is 10.6 Å². The molecule has 1 aliphatic rings. The Morgan fingerprint density at radius 1 is 1.10 bits per heavy atom. The van der Waals surface area contributed by atoms with E-state index in [1.54, 1.807) is 7.05 Å². The third-order valence-electron chi connectivity index (χ3n) is 5.27. The molecular formula is C20H32F3IN4O2S. The van der Waals surface area contributed by atoms with Gasteiger partial charge in [-0.3, -0.25) is 4.99 Å². The summed E-state index contributed by atoms with van der Waals surface area (Å²) in [7, 11) is -3.58. The Morgan fingerprint density at radius 2 is 1.65 bits per heavy atom. The van der Waals surface area contributed by atoms with Crippen molar-refractivity contribution < 1.29 is 21.6 Å². The SMILES string of the molecule is CN=C(NCc1ccc(C(C)(C)C)cc1)NCC1CCN(S(=O)(=O)C(F)(F)F)CC1.I. The van der Waals surface area contributed by atoms with Gasteiger partial charge in [0.25, 0.3) is 0 Å². The van der Waals surface area contributed by atoms with Gasteiger partial charge in [-0.15, -0.1) is 24.0 Å². The molecule has 1 aromatic carbocycles. The molecule has 0 bridgehead atoms. The number of benzene rings is 1. The molecule has 2 rings (SSSR count). The number of hydrogen-bond donors (Lipinski definition) is 2. The maximum absolute atomic E-state index is 12.7. The number of nitrogens with zero attached hydrogens (tertiary/aromatic N) is 2. The zero-order valence-corrected chi connectivity index (χ0v) is 21.4. The lowest BCUT2D eigenvalue weighted by atomic mass is 9.87. The van der Waals surface area contributed by atoms with E-state index in [0.717, 1.165) is 5.56 Å². The minimum Gasteiger partial charge on any atom is -0.356 e. The van der Waals surface area contributed by atoms with E-state index in [-0.39, 0.29) is 48.4 Å². The fourth-order valence-electron chi connectivity index (χ4n) is 3.27. The molecule has 6 nitrogen and oxygen atoms in total. The Labute approximate surface area is 200 Å². The summed E-state index contributed by atoms with van der Waals surface area (Å²) in [5.41, 5.74) is -2.78. The molecule has 1 heterocycles. The molecule has 0 amide bonds. The van der Waals surface area contributed by atoms with Crippen molar-refractivity contribution in [1.29, 1.82) is 0 Å². The first-order valence-corrected chi connectivity index (χ1v) is 11.4. The molecule has 0 unspecified atom stereocenters. The van der Waals surface area contributed by atoms with Crippen molar-refractivity contribution in [3.05, 3.63) is 35.4 Å². The minimum atomic E-state index is -5.24. The Hall–Kier alpha value is -1.08. The Morgan fingerprint density at radius 3 is 2.10 bits per heavy atom. The van der Waals surface area contributed by atoms with Gasteiger partial charge in [-0.2, -0.15) is 17.5 Å². The lowest BCUT2D eigenvalue weighted by Crippen LogP contribution is -2.47. The van der Waals surface area contributed by atoms with E-state index in [0.29, 0.717) is 36.2 Å². The molecule has 0 aromatic heterocycles. The summed E-state index contributed by atoms with van der Waals surface area (Å²) >= 11 is 0. The van der Waals surface area contributed by atoms with Crippen molar-refractivity contribution in [1.82, 2.24) is 14.9 Å². The van der Waals surface area contributed by atoms with E-state index in [1.165, 1.54) is 5.56 Å². The number of guanidine groups is 1. The van der Waals surface area contributed by atoms with E-state index < -0.39 is 15.5 Å². The van der Waals surface area contributed by atoms with Gasteiger partial charge in [0.2, 0.25) is 0 Å². The molecule has 2 N–H and O–H groups in total. The zero-order chi connectivity index (χ0) is 22.6. The van der Waals surface area contributed by atoms with Gasteiger partial charge >= 0.3 is 15.5 Å².